The van der Waals surface area contributed by atoms with E-state index in [9.17, 15) is 9.59 Å². The summed E-state index contributed by atoms with van der Waals surface area (Å²) < 4.78 is 10.4. The number of hydrogen-bond donors (Lipinski definition) is 0. The van der Waals surface area contributed by atoms with Gasteiger partial charge in [-0.25, -0.2) is 0 Å². The Kier molecular flexibility index (Phi) is 11.3. The molecule has 0 aromatic heterocycles. The SMILES string of the molecule is C#CCC(CC(SCC)SCC)(C(=O)OCC)C(=O)OCC. The first kappa shape index (κ1) is 21.2. The Balaban J connectivity index is 5.54. The molecule has 4 nitrogen and oxygen atoms in total. The van der Waals surface area contributed by atoms with E-state index in [1.807, 2.05) is 13.8 Å². The monoisotopic (exact) mass is 346 g/mol. The zero-order valence-corrected chi connectivity index (χ0v) is 15.5. The van der Waals surface area contributed by atoms with Gasteiger partial charge in [0, 0.05) is 6.42 Å². The van der Waals surface area contributed by atoms with Gasteiger partial charge in [0.25, 0.3) is 0 Å². The molecule has 0 unspecified atom stereocenters. The lowest BCUT2D eigenvalue weighted by Crippen LogP contribution is -2.43. The largest absolute Gasteiger partial charge is 0.465 e. The molecule has 126 valence electrons. The van der Waals surface area contributed by atoms with Crippen LogP contribution in [0, 0.1) is 17.8 Å². The van der Waals surface area contributed by atoms with Gasteiger partial charge in [-0.1, -0.05) is 13.8 Å². The highest BCUT2D eigenvalue weighted by Crippen LogP contribution is 2.39. The molecule has 6 heteroatoms. The fourth-order valence-electron chi connectivity index (χ4n) is 2.00. The van der Waals surface area contributed by atoms with E-state index >= 15 is 0 Å². The number of ether oxygens (including phenoxy) is 2. The first-order chi connectivity index (χ1) is 10.5. The summed E-state index contributed by atoms with van der Waals surface area (Å²) in [5.74, 6) is 3.10. The predicted octanol–water partition coefficient (Wildman–Crippen LogP) is 3.34. The predicted molar refractivity (Wildman–Crippen MR) is 93.8 cm³/mol. The number of esters is 2. The molecular weight excluding hydrogens is 320 g/mol. The molecule has 0 rings (SSSR count). The summed E-state index contributed by atoms with van der Waals surface area (Å²) in [7, 11) is 0. The summed E-state index contributed by atoms with van der Waals surface area (Å²) in [5.41, 5.74) is -1.41. The standard InChI is InChI=1S/C16H26O4S2/c1-6-11-16(14(17)19-7-2,15(18)20-8-3)12-13(21-9-4)22-10-5/h1,13H,7-12H2,2-5H3. The van der Waals surface area contributed by atoms with Crippen LogP contribution in [0.5, 0.6) is 0 Å². The number of carbonyl (C=O) groups excluding carboxylic acids is 2. The Morgan fingerprint density at radius 1 is 1.05 bits per heavy atom. The van der Waals surface area contributed by atoms with Crippen LogP contribution < -0.4 is 0 Å². The summed E-state index contributed by atoms with van der Waals surface area (Å²) in [6, 6.07) is 0. The minimum atomic E-state index is -1.41. The number of rotatable bonds is 11. The highest BCUT2D eigenvalue weighted by atomic mass is 32.2. The Labute approximate surface area is 142 Å². The van der Waals surface area contributed by atoms with Crippen LogP contribution in [-0.2, 0) is 19.1 Å². The molecule has 0 saturated heterocycles. The lowest BCUT2D eigenvalue weighted by Gasteiger charge is -2.30. The Hall–Kier alpha value is -0.800. The molecule has 22 heavy (non-hydrogen) atoms. The van der Waals surface area contributed by atoms with Gasteiger partial charge in [0.2, 0.25) is 0 Å². The Bertz CT molecular complexity index is 366. The van der Waals surface area contributed by atoms with Crippen LogP contribution in [0.3, 0.4) is 0 Å². The van der Waals surface area contributed by atoms with Gasteiger partial charge in [-0.15, -0.1) is 35.9 Å². The summed E-state index contributed by atoms with van der Waals surface area (Å²) in [4.78, 5) is 25.0. The molecule has 0 aliphatic heterocycles. The van der Waals surface area contributed by atoms with Gasteiger partial charge in [-0.2, -0.15) is 0 Å². The molecule has 0 N–H and O–H groups in total. The van der Waals surface area contributed by atoms with E-state index in [-0.39, 0.29) is 24.2 Å². The average Bonchev–Trinajstić information content (AvgIpc) is 2.47. The van der Waals surface area contributed by atoms with E-state index < -0.39 is 17.4 Å². The first-order valence-corrected chi connectivity index (χ1v) is 9.63. The van der Waals surface area contributed by atoms with Crippen molar-refractivity contribution in [2.75, 3.05) is 24.7 Å². The average molecular weight is 347 g/mol. The van der Waals surface area contributed by atoms with Gasteiger partial charge >= 0.3 is 11.9 Å². The fraction of sp³-hybridized carbons (Fsp3) is 0.750. The molecule has 0 amide bonds. The van der Waals surface area contributed by atoms with E-state index in [4.69, 9.17) is 15.9 Å². The Morgan fingerprint density at radius 2 is 1.50 bits per heavy atom. The van der Waals surface area contributed by atoms with Crippen molar-refractivity contribution >= 4 is 35.5 Å². The number of terminal acetylenes is 1. The molecule has 0 spiro atoms. The van der Waals surface area contributed by atoms with Crippen molar-refractivity contribution in [1.29, 1.82) is 0 Å². The van der Waals surface area contributed by atoms with Crippen LogP contribution in [0.15, 0.2) is 0 Å². The highest BCUT2D eigenvalue weighted by molar-refractivity contribution is 8.16. The second-order valence-corrected chi connectivity index (χ2v) is 7.71. The molecule has 0 bridgehead atoms. The minimum Gasteiger partial charge on any atom is -0.465 e. The van der Waals surface area contributed by atoms with Crippen molar-refractivity contribution in [3.63, 3.8) is 0 Å². The van der Waals surface area contributed by atoms with Crippen molar-refractivity contribution in [1.82, 2.24) is 0 Å². The molecule has 0 saturated carbocycles. The molecule has 0 radical (unpaired) electrons. The Morgan fingerprint density at radius 3 is 1.82 bits per heavy atom. The highest BCUT2D eigenvalue weighted by Gasteiger charge is 2.49. The van der Waals surface area contributed by atoms with E-state index in [1.165, 1.54) is 0 Å². The molecule has 0 atom stereocenters. The van der Waals surface area contributed by atoms with Crippen molar-refractivity contribution in [2.24, 2.45) is 5.41 Å². The van der Waals surface area contributed by atoms with E-state index in [0.717, 1.165) is 11.5 Å². The molecule has 0 heterocycles. The molecule has 0 aliphatic rings. The van der Waals surface area contributed by atoms with Crippen LogP contribution in [0.25, 0.3) is 0 Å². The maximum atomic E-state index is 12.5. The number of hydrogen-bond acceptors (Lipinski definition) is 6. The summed E-state index contributed by atoms with van der Waals surface area (Å²) in [6.45, 7) is 7.93. The molecular formula is C16H26O4S2. The maximum absolute atomic E-state index is 12.5. The zero-order valence-electron chi connectivity index (χ0n) is 13.8. The second-order valence-electron chi connectivity index (χ2n) is 4.45. The van der Waals surface area contributed by atoms with Crippen LogP contribution in [0.1, 0.15) is 40.5 Å². The third kappa shape index (κ3) is 6.13. The molecule has 0 aromatic rings. The summed E-state index contributed by atoms with van der Waals surface area (Å²) in [5, 5.41) is 0. The van der Waals surface area contributed by atoms with Crippen molar-refractivity contribution in [3.05, 3.63) is 0 Å². The van der Waals surface area contributed by atoms with Gasteiger partial charge in [-0.05, 0) is 31.8 Å². The van der Waals surface area contributed by atoms with Crippen LogP contribution in [0.4, 0.5) is 0 Å². The topological polar surface area (TPSA) is 52.6 Å². The minimum absolute atomic E-state index is 0.00425. The van der Waals surface area contributed by atoms with Gasteiger partial charge in [0.15, 0.2) is 5.41 Å². The normalized spacial score (nSPS) is 11.1. The van der Waals surface area contributed by atoms with E-state index in [2.05, 4.69) is 5.92 Å². The fourth-order valence-corrected chi connectivity index (χ4v) is 4.75. The van der Waals surface area contributed by atoms with Crippen molar-refractivity contribution in [2.45, 2.75) is 45.1 Å². The number of carbonyl (C=O) groups is 2. The van der Waals surface area contributed by atoms with Gasteiger partial charge < -0.3 is 9.47 Å². The van der Waals surface area contributed by atoms with Crippen molar-refractivity contribution < 1.29 is 19.1 Å². The molecule has 0 aromatic carbocycles. The third-order valence-electron chi connectivity index (χ3n) is 2.96. The van der Waals surface area contributed by atoms with E-state index in [1.54, 1.807) is 37.4 Å². The van der Waals surface area contributed by atoms with Gasteiger partial charge in [-0.3, -0.25) is 9.59 Å². The van der Waals surface area contributed by atoms with Crippen LogP contribution >= 0.6 is 23.5 Å². The van der Waals surface area contributed by atoms with Gasteiger partial charge in [0.1, 0.15) is 0 Å². The zero-order chi connectivity index (χ0) is 17.0. The molecule has 0 fully saturated rings. The van der Waals surface area contributed by atoms with E-state index in [0.29, 0.717) is 6.42 Å². The maximum Gasteiger partial charge on any atom is 0.324 e. The second kappa shape index (κ2) is 11.7. The smallest absolute Gasteiger partial charge is 0.324 e. The lowest BCUT2D eigenvalue weighted by atomic mass is 9.81. The summed E-state index contributed by atoms with van der Waals surface area (Å²) in [6.07, 6.45) is 5.75. The third-order valence-corrected chi connectivity index (χ3v) is 5.52. The first-order valence-electron chi connectivity index (χ1n) is 7.53. The van der Waals surface area contributed by atoms with Crippen LogP contribution in [0.2, 0.25) is 0 Å². The lowest BCUT2D eigenvalue weighted by molar-refractivity contribution is -0.172. The quantitative estimate of drug-likeness (QED) is 0.247. The van der Waals surface area contributed by atoms with Crippen LogP contribution in [-0.4, -0.2) is 41.2 Å². The van der Waals surface area contributed by atoms with Gasteiger partial charge in [0.05, 0.1) is 17.8 Å². The molecule has 0 aliphatic carbocycles. The van der Waals surface area contributed by atoms with Crippen molar-refractivity contribution in [3.8, 4) is 12.3 Å². The number of thioether (sulfide) groups is 2. The summed E-state index contributed by atoms with van der Waals surface area (Å²) >= 11 is 3.41.